The molecule has 13 nitrogen and oxygen atoms in total. The van der Waals surface area contributed by atoms with Crippen LogP contribution in [0.3, 0.4) is 0 Å². The second kappa shape index (κ2) is 14.6. The molecule has 22 atom stereocenters. The van der Waals surface area contributed by atoms with Gasteiger partial charge in [-0.1, -0.05) is 48.5 Å². The first-order valence-corrected chi connectivity index (χ1v) is 21.3. The Hall–Kier alpha value is -0.520. The van der Waals surface area contributed by atoms with Crippen LogP contribution in [0.2, 0.25) is 0 Å². The molecule has 0 radical (unpaired) electrons. The van der Waals surface area contributed by atoms with Crippen LogP contribution in [0.4, 0.5) is 0 Å². The fraction of sp³-hybridized carbons (Fsp3) is 1.00. The van der Waals surface area contributed by atoms with Crippen molar-refractivity contribution in [3.05, 3.63) is 0 Å². The maximum atomic E-state index is 12.5. The molecule has 5 saturated carbocycles. The fourth-order valence-corrected chi connectivity index (χ4v) is 14.4. The minimum atomic E-state index is -1.65. The van der Waals surface area contributed by atoms with Gasteiger partial charge in [0.05, 0.1) is 37.1 Å². The second-order valence-corrected chi connectivity index (χ2v) is 20.7. The van der Waals surface area contributed by atoms with E-state index in [-0.39, 0.29) is 63.5 Å². The van der Waals surface area contributed by atoms with Gasteiger partial charge in [0, 0.05) is 5.41 Å². The minimum Gasteiger partial charge on any atom is -0.394 e. The lowest BCUT2D eigenvalue weighted by Gasteiger charge is -2.64. The first-order valence-electron chi connectivity index (χ1n) is 21.3. The molecule has 13 heteroatoms. The van der Waals surface area contributed by atoms with E-state index in [4.69, 9.17) is 18.9 Å². The van der Waals surface area contributed by atoms with E-state index >= 15 is 0 Å². The Bertz CT molecular complexity index is 1380. The Balaban J connectivity index is 1.11. The molecule has 55 heavy (non-hydrogen) atoms. The molecule has 7 aliphatic rings. The van der Waals surface area contributed by atoms with Crippen molar-refractivity contribution < 1.29 is 64.9 Å². The predicted octanol–water partition coefficient (Wildman–Crippen LogP) is 1.84. The lowest BCUT2D eigenvalue weighted by molar-refractivity contribution is -0.375. The number of rotatable bonds is 10. The molecule has 7 rings (SSSR count). The maximum Gasteiger partial charge on any atom is 0.187 e. The topological polar surface area (TPSA) is 219 Å². The smallest absolute Gasteiger partial charge is 0.187 e. The van der Waals surface area contributed by atoms with Crippen LogP contribution in [0, 0.1) is 56.7 Å². The molecule has 0 aromatic rings. The molecule has 0 aromatic heterocycles. The highest BCUT2D eigenvalue weighted by Crippen LogP contribution is 2.89. The van der Waals surface area contributed by atoms with Crippen molar-refractivity contribution in [3.8, 4) is 0 Å². The average Bonchev–Trinajstić information content (AvgIpc) is 3.76. The van der Waals surface area contributed by atoms with E-state index in [1.54, 1.807) is 0 Å². The van der Waals surface area contributed by atoms with E-state index in [1.807, 2.05) is 13.8 Å². The lowest BCUT2D eigenvalue weighted by atomic mass is 9.41. The summed E-state index contributed by atoms with van der Waals surface area (Å²) in [6.45, 7) is 16.3. The largest absolute Gasteiger partial charge is 0.394 e. The molecular weight excluding hydrogens is 712 g/mol. The molecule has 9 N–H and O–H groups in total. The maximum absolute atomic E-state index is 12.5. The molecule has 2 saturated heterocycles. The van der Waals surface area contributed by atoms with E-state index in [9.17, 15) is 46.0 Å². The summed E-state index contributed by atoms with van der Waals surface area (Å²) in [5.74, 6) is 0.886. The third-order valence-electron chi connectivity index (χ3n) is 17.6. The van der Waals surface area contributed by atoms with Crippen molar-refractivity contribution in [2.24, 2.45) is 56.7 Å². The van der Waals surface area contributed by atoms with Crippen LogP contribution in [-0.4, -0.2) is 138 Å². The SMILES string of the molecule is CC(C)[C@H](O)CC[C@@H](C)[C@H]1[C@H](O)C[C@]2(C)[C@@H]3CC[C@@H]4C(C)(C)[C@H](O[C@@H]5O[C@H](CO)[C@@H](O)[C@H](O)[C@H]5O[C@@H]5O[C@H](C)[C@@H](O)[C@H](O)[C@H]5O)CC[C@@]45C[C@@]35[C@@H](O)C[C@]12C. The molecule has 5 aliphatic carbocycles. The summed E-state index contributed by atoms with van der Waals surface area (Å²) in [5.41, 5.74) is -1.18. The first kappa shape index (κ1) is 42.6. The van der Waals surface area contributed by atoms with Crippen LogP contribution in [0.25, 0.3) is 0 Å². The zero-order chi connectivity index (χ0) is 40.4. The molecule has 7 fully saturated rings. The van der Waals surface area contributed by atoms with Crippen LogP contribution < -0.4 is 0 Å². The second-order valence-electron chi connectivity index (χ2n) is 20.7. The van der Waals surface area contributed by atoms with Gasteiger partial charge >= 0.3 is 0 Å². The summed E-state index contributed by atoms with van der Waals surface area (Å²) in [6.07, 6.45) is -8.43. The zero-order valence-electron chi connectivity index (χ0n) is 34.2. The number of fused-ring (bicyclic) bond motifs is 2. The Labute approximate surface area is 326 Å². The molecule has 0 aromatic carbocycles. The van der Waals surface area contributed by atoms with Gasteiger partial charge in [-0.3, -0.25) is 0 Å². The van der Waals surface area contributed by atoms with E-state index in [0.717, 1.165) is 38.5 Å². The molecule has 2 aliphatic heterocycles. The number of ether oxygens (including phenoxy) is 4. The Morgan fingerprint density at radius 1 is 0.727 bits per heavy atom. The van der Waals surface area contributed by atoms with Gasteiger partial charge in [-0.2, -0.15) is 0 Å². The van der Waals surface area contributed by atoms with Crippen LogP contribution in [0.1, 0.15) is 113 Å². The van der Waals surface area contributed by atoms with E-state index in [0.29, 0.717) is 19.3 Å². The molecule has 318 valence electrons. The predicted molar refractivity (Wildman–Crippen MR) is 199 cm³/mol. The molecule has 0 bridgehead atoms. The summed E-state index contributed by atoms with van der Waals surface area (Å²) < 4.78 is 24.5. The van der Waals surface area contributed by atoms with Crippen molar-refractivity contribution >= 4 is 0 Å². The van der Waals surface area contributed by atoms with Crippen LogP contribution in [0.5, 0.6) is 0 Å². The highest BCUT2D eigenvalue weighted by molar-refractivity contribution is 5.33. The standard InChI is InChI=1S/C42H72O13/c1-19(2)22(44)10-9-20(3)29-23(45)15-39(7)26-12-11-25-38(5,6)28(13-14-41(25)18-42(26,41)27(46)16-40(29,39)8)54-37-35(33(50)31(48)24(17-43)53-37)55-36-34(51)32(49)30(47)21(4)52-36/h19-37,43-51H,9-18H2,1-8H3/t20-,21-,22-,23-,24-,25-,26+,27+,28-,29+,30-,31-,32+,33+,34-,35-,36+,37+,39-,40-,41-,42+/m1/s1. The van der Waals surface area contributed by atoms with Crippen molar-refractivity contribution in [1.82, 2.24) is 0 Å². The van der Waals surface area contributed by atoms with Gasteiger partial charge in [0.25, 0.3) is 0 Å². The molecule has 2 spiro atoms. The average molecular weight is 785 g/mol. The van der Waals surface area contributed by atoms with Gasteiger partial charge in [-0.05, 0) is 116 Å². The Kier molecular flexibility index (Phi) is 11.3. The Morgan fingerprint density at radius 2 is 1.40 bits per heavy atom. The quantitative estimate of drug-likeness (QED) is 0.145. The number of hydrogen-bond donors (Lipinski definition) is 9. The summed E-state index contributed by atoms with van der Waals surface area (Å²) in [6, 6.07) is 0. The summed E-state index contributed by atoms with van der Waals surface area (Å²) >= 11 is 0. The van der Waals surface area contributed by atoms with Gasteiger partial charge in [0.15, 0.2) is 12.6 Å². The third kappa shape index (κ3) is 6.18. The van der Waals surface area contributed by atoms with Crippen LogP contribution >= 0.6 is 0 Å². The van der Waals surface area contributed by atoms with Crippen LogP contribution in [-0.2, 0) is 18.9 Å². The molecule has 0 unspecified atom stereocenters. The fourth-order valence-electron chi connectivity index (χ4n) is 14.4. The van der Waals surface area contributed by atoms with Crippen molar-refractivity contribution in [2.45, 2.75) is 199 Å². The van der Waals surface area contributed by atoms with Crippen LogP contribution in [0.15, 0.2) is 0 Å². The normalized spacial score (nSPS) is 55.5. The van der Waals surface area contributed by atoms with Crippen molar-refractivity contribution in [3.63, 3.8) is 0 Å². The molecular formula is C42H72O13. The number of hydrogen-bond acceptors (Lipinski definition) is 13. The minimum absolute atomic E-state index is 0.0378. The van der Waals surface area contributed by atoms with E-state index in [2.05, 4.69) is 34.6 Å². The van der Waals surface area contributed by atoms with E-state index in [1.165, 1.54) is 6.92 Å². The number of aliphatic hydroxyl groups excluding tert-OH is 9. The lowest BCUT2D eigenvalue weighted by Crippen LogP contribution is -2.65. The number of aliphatic hydroxyl groups is 9. The van der Waals surface area contributed by atoms with Gasteiger partial charge < -0.3 is 64.9 Å². The van der Waals surface area contributed by atoms with Crippen molar-refractivity contribution in [1.29, 1.82) is 0 Å². The van der Waals surface area contributed by atoms with Gasteiger partial charge in [0.1, 0.15) is 42.7 Å². The van der Waals surface area contributed by atoms with Gasteiger partial charge in [0.2, 0.25) is 0 Å². The highest BCUT2D eigenvalue weighted by Gasteiger charge is 2.85. The molecule has 2 heterocycles. The summed E-state index contributed by atoms with van der Waals surface area (Å²) in [5, 5.41) is 98.4. The molecule has 0 amide bonds. The monoisotopic (exact) mass is 784 g/mol. The van der Waals surface area contributed by atoms with Gasteiger partial charge in [-0.15, -0.1) is 0 Å². The highest BCUT2D eigenvalue weighted by atomic mass is 16.8. The first-order chi connectivity index (χ1) is 25.6. The summed E-state index contributed by atoms with van der Waals surface area (Å²) in [7, 11) is 0. The zero-order valence-corrected chi connectivity index (χ0v) is 34.2. The Morgan fingerprint density at radius 3 is 2.05 bits per heavy atom. The summed E-state index contributed by atoms with van der Waals surface area (Å²) in [4.78, 5) is 0. The van der Waals surface area contributed by atoms with E-state index < -0.39 is 85.6 Å². The third-order valence-corrected chi connectivity index (χ3v) is 17.6. The van der Waals surface area contributed by atoms with Crippen molar-refractivity contribution in [2.75, 3.05) is 6.61 Å². The van der Waals surface area contributed by atoms with Gasteiger partial charge in [-0.25, -0.2) is 0 Å².